The number of terminal acetylenes is 1. The Kier molecular flexibility index (Phi) is 9.05. The molecule has 1 aliphatic carbocycles. The molecular weight excluding hydrogens is 260 g/mol. The van der Waals surface area contributed by atoms with Crippen LogP contribution in [0.2, 0.25) is 0 Å². The van der Waals surface area contributed by atoms with Crippen LogP contribution in [0.1, 0.15) is 64.0 Å². The number of hydrogen-bond donors (Lipinski definition) is 2. The molecule has 0 saturated carbocycles. The summed E-state index contributed by atoms with van der Waals surface area (Å²) < 4.78 is 0. The second-order valence-electron chi connectivity index (χ2n) is 5.02. The van der Waals surface area contributed by atoms with Crippen LogP contribution in [-0.2, 0) is 0 Å². The molecule has 1 aromatic carbocycles. The van der Waals surface area contributed by atoms with Crippen molar-refractivity contribution in [2.24, 2.45) is 0 Å². The molecule has 0 radical (unpaired) electrons. The molecule has 2 rings (SSSR count). The molecule has 2 heteroatoms. The minimum atomic E-state index is 0.161. The lowest BCUT2D eigenvalue weighted by Gasteiger charge is -2.21. The van der Waals surface area contributed by atoms with Crippen molar-refractivity contribution >= 4 is 0 Å². The molecule has 0 aliphatic heterocycles. The maximum Gasteiger partial charge on any atom is 0.123 e. The summed E-state index contributed by atoms with van der Waals surface area (Å²) in [7, 11) is 0. The summed E-state index contributed by atoms with van der Waals surface area (Å²) in [6.45, 7) is 9.62. The van der Waals surface area contributed by atoms with Crippen LogP contribution in [0.25, 0.3) is 0 Å². The summed E-state index contributed by atoms with van der Waals surface area (Å²) >= 11 is 0. The third-order valence-electron chi connectivity index (χ3n) is 3.22. The van der Waals surface area contributed by atoms with Gasteiger partial charge in [-0.05, 0) is 57.7 Å². The number of phenols is 2. The highest BCUT2D eigenvalue weighted by atomic mass is 16.3. The lowest BCUT2D eigenvalue weighted by molar-refractivity contribution is 0.428. The summed E-state index contributed by atoms with van der Waals surface area (Å²) in [5.74, 6) is 2.84. The Bertz CT molecular complexity index is 484. The van der Waals surface area contributed by atoms with Crippen LogP contribution in [0.4, 0.5) is 0 Å². The first kappa shape index (κ1) is 19.1. The van der Waals surface area contributed by atoms with Crippen LogP contribution in [0.15, 0.2) is 23.8 Å². The highest BCUT2D eigenvalue weighted by Gasteiger charge is 2.20. The minimum absolute atomic E-state index is 0.161. The Morgan fingerprint density at radius 2 is 1.62 bits per heavy atom. The highest BCUT2D eigenvalue weighted by molar-refractivity contribution is 5.50. The van der Waals surface area contributed by atoms with Gasteiger partial charge in [0.2, 0.25) is 0 Å². The van der Waals surface area contributed by atoms with Gasteiger partial charge in [-0.2, -0.15) is 0 Å². The van der Waals surface area contributed by atoms with Crippen LogP contribution in [0.5, 0.6) is 11.5 Å². The van der Waals surface area contributed by atoms with Gasteiger partial charge in [-0.25, -0.2) is 0 Å². The van der Waals surface area contributed by atoms with Gasteiger partial charge in [-0.1, -0.05) is 25.5 Å². The van der Waals surface area contributed by atoms with Gasteiger partial charge in [0.25, 0.3) is 0 Å². The molecule has 1 atom stereocenters. The molecule has 2 nitrogen and oxygen atoms in total. The number of phenolic OH excluding ortho intramolecular Hbond substituents is 2. The zero-order valence-electron chi connectivity index (χ0n) is 13.9. The summed E-state index contributed by atoms with van der Waals surface area (Å²) in [4.78, 5) is 0. The molecule has 21 heavy (non-hydrogen) atoms. The molecule has 0 aromatic heterocycles. The van der Waals surface area contributed by atoms with Crippen molar-refractivity contribution in [2.45, 2.75) is 59.8 Å². The number of aryl methyl sites for hydroxylation is 1. The maximum atomic E-state index is 9.92. The molecule has 2 N–H and O–H groups in total. The van der Waals surface area contributed by atoms with E-state index < -0.39 is 0 Å². The topological polar surface area (TPSA) is 40.5 Å². The Morgan fingerprint density at radius 3 is 2.05 bits per heavy atom. The lowest BCUT2D eigenvalue weighted by atomic mass is 9.85. The highest BCUT2D eigenvalue weighted by Crippen LogP contribution is 2.41. The fraction of sp³-hybridized carbons (Fsp3) is 0.474. The monoisotopic (exact) mass is 288 g/mol. The summed E-state index contributed by atoms with van der Waals surface area (Å²) in [6.07, 6.45) is 10.0. The molecule has 1 unspecified atom stereocenters. The minimum Gasteiger partial charge on any atom is -0.507 e. The molecule has 0 amide bonds. The predicted molar refractivity (Wildman–Crippen MR) is 90.7 cm³/mol. The maximum absolute atomic E-state index is 9.92. The van der Waals surface area contributed by atoms with E-state index in [9.17, 15) is 10.2 Å². The van der Waals surface area contributed by atoms with Crippen LogP contribution in [0, 0.1) is 19.3 Å². The van der Waals surface area contributed by atoms with Crippen molar-refractivity contribution < 1.29 is 10.2 Å². The van der Waals surface area contributed by atoms with Crippen molar-refractivity contribution in [1.82, 2.24) is 0 Å². The predicted octanol–water partition coefficient (Wildman–Crippen LogP) is 5.29. The van der Waals surface area contributed by atoms with Gasteiger partial charge in [0, 0.05) is 11.5 Å². The van der Waals surface area contributed by atoms with Crippen molar-refractivity contribution in [1.29, 1.82) is 0 Å². The Morgan fingerprint density at radius 1 is 1.14 bits per heavy atom. The zero-order chi connectivity index (χ0) is 16.4. The third-order valence-corrected chi connectivity index (χ3v) is 3.22. The average molecular weight is 288 g/mol. The number of rotatable bonds is 1. The first-order valence-corrected chi connectivity index (χ1v) is 7.56. The number of aromatic hydroxyl groups is 2. The van der Waals surface area contributed by atoms with E-state index in [0.717, 1.165) is 24.8 Å². The molecule has 0 fully saturated rings. The van der Waals surface area contributed by atoms with E-state index >= 15 is 0 Å². The average Bonchev–Trinajstić information content (AvgIpc) is 2.41. The molecule has 116 valence electrons. The van der Waals surface area contributed by atoms with Crippen molar-refractivity contribution in [2.75, 3.05) is 0 Å². The first-order valence-electron chi connectivity index (χ1n) is 7.56. The largest absolute Gasteiger partial charge is 0.507 e. The van der Waals surface area contributed by atoms with Gasteiger partial charge >= 0.3 is 0 Å². The van der Waals surface area contributed by atoms with Crippen LogP contribution in [-0.4, -0.2) is 10.2 Å². The Labute approximate surface area is 129 Å². The molecule has 1 aromatic rings. The second kappa shape index (κ2) is 9.94. The van der Waals surface area contributed by atoms with E-state index in [1.807, 2.05) is 20.8 Å². The number of benzene rings is 1. The smallest absolute Gasteiger partial charge is 0.123 e. The van der Waals surface area contributed by atoms with Crippen LogP contribution >= 0.6 is 0 Å². The molecule has 0 heterocycles. The Hall–Kier alpha value is -1.88. The van der Waals surface area contributed by atoms with E-state index in [1.165, 1.54) is 5.57 Å². The fourth-order valence-electron chi connectivity index (χ4n) is 2.48. The molecule has 0 spiro atoms. The van der Waals surface area contributed by atoms with Gasteiger partial charge < -0.3 is 10.2 Å². The SMILES string of the molecule is C#CC.CC.CC1=CC(c2c(O)cc(C)cc2O)CCC1. The zero-order valence-corrected chi connectivity index (χ0v) is 13.9. The van der Waals surface area contributed by atoms with Crippen molar-refractivity contribution in [3.63, 3.8) is 0 Å². The van der Waals surface area contributed by atoms with Crippen LogP contribution < -0.4 is 0 Å². The van der Waals surface area contributed by atoms with Gasteiger partial charge in [0.1, 0.15) is 11.5 Å². The van der Waals surface area contributed by atoms with Gasteiger partial charge in [0.15, 0.2) is 0 Å². The number of hydrogen-bond acceptors (Lipinski definition) is 2. The Balaban J connectivity index is 0.000000713. The molecule has 0 saturated heterocycles. The second-order valence-corrected chi connectivity index (χ2v) is 5.02. The van der Waals surface area contributed by atoms with E-state index in [2.05, 4.69) is 25.3 Å². The summed E-state index contributed by atoms with van der Waals surface area (Å²) in [5.41, 5.74) is 2.91. The summed E-state index contributed by atoms with van der Waals surface area (Å²) in [6, 6.07) is 3.43. The van der Waals surface area contributed by atoms with E-state index in [0.29, 0.717) is 5.56 Å². The molecular formula is C19H28O2. The number of allylic oxidation sites excluding steroid dienone is 2. The van der Waals surface area contributed by atoms with Gasteiger partial charge in [-0.15, -0.1) is 12.3 Å². The van der Waals surface area contributed by atoms with E-state index in [-0.39, 0.29) is 17.4 Å². The third kappa shape index (κ3) is 5.95. The fourth-order valence-corrected chi connectivity index (χ4v) is 2.48. The normalized spacial score (nSPS) is 16.4. The lowest BCUT2D eigenvalue weighted by Crippen LogP contribution is -2.03. The molecule has 0 bridgehead atoms. The van der Waals surface area contributed by atoms with Crippen molar-refractivity contribution in [3.8, 4) is 23.8 Å². The first-order chi connectivity index (χ1) is 9.99. The van der Waals surface area contributed by atoms with E-state index in [4.69, 9.17) is 0 Å². The van der Waals surface area contributed by atoms with Gasteiger partial charge in [-0.3, -0.25) is 0 Å². The van der Waals surface area contributed by atoms with Crippen molar-refractivity contribution in [3.05, 3.63) is 34.9 Å². The summed E-state index contributed by atoms with van der Waals surface area (Å²) in [5, 5.41) is 19.8. The molecule has 1 aliphatic rings. The van der Waals surface area contributed by atoms with E-state index in [1.54, 1.807) is 19.1 Å². The standard InChI is InChI=1S/C14H18O2.C3H4.C2H6/c1-9-4-3-5-11(6-9)14-12(15)7-10(2)8-13(14)16;1-3-2;1-2/h6-8,11,15-16H,3-5H2,1-2H3;1H,2H3;1-2H3. The van der Waals surface area contributed by atoms with Crippen LogP contribution in [0.3, 0.4) is 0 Å². The van der Waals surface area contributed by atoms with Gasteiger partial charge in [0.05, 0.1) is 0 Å². The quantitative estimate of drug-likeness (QED) is 0.545.